The summed E-state index contributed by atoms with van der Waals surface area (Å²) in [4.78, 5) is 15.6. The van der Waals surface area contributed by atoms with E-state index in [1.54, 1.807) is 18.3 Å². The second-order valence-electron chi connectivity index (χ2n) is 4.61. The second-order valence-corrected chi connectivity index (χ2v) is 5.50. The van der Waals surface area contributed by atoms with Gasteiger partial charge in [0.1, 0.15) is 5.01 Å². The first-order chi connectivity index (χ1) is 9.18. The maximum absolute atomic E-state index is 11.4. The van der Waals surface area contributed by atoms with E-state index < -0.39 is 12.1 Å². The SMILES string of the molecule is O=C(O)c1ccc2c(c1-c1nccs1)CCCC2O. The van der Waals surface area contributed by atoms with Crippen LogP contribution in [0, 0.1) is 0 Å². The molecule has 0 fully saturated rings. The number of carboxylic acids is 1. The lowest BCUT2D eigenvalue weighted by Crippen LogP contribution is -2.13. The van der Waals surface area contributed by atoms with Crippen LogP contribution in [-0.2, 0) is 6.42 Å². The zero-order valence-electron chi connectivity index (χ0n) is 10.2. The van der Waals surface area contributed by atoms with Gasteiger partial charge in [0, 0.05) is 17.1 Å². The highest BCUT2D eigenvalue weighted by molar-refractivity contribution is 7.13. The Labute approximate surface area is 114 Å². The van der Waals surface area contributed by atoms with Gasteiger partial charge in [-0.25, -0.2) is 9.78 Å². The molecule has 0 spiro atoms. The predicted octanol–water partition coefficient (Wildman–Crippen LogP) is 2.88. The van der Waals surface area contributed by atoms with Gasteiger partial charge in [-0.2, -0.15) is 0 Å². The van der Waals surface area contributed by atoms with Crippen molar-refractivity contribution in [3.05, 3.63) is 40.4 Å². The minimum Gasteiger partial charge on any atom is -0.478 e. The van der Waals surface area contributed by atoms with Gasteiger partial charge < -0.3 is 10.2 Å². The Bertz CT molecular complexity index is 622. The third-order valence-corrected chi connectivity index (χ3v) is 4.28. The molecule has 1 atom stereocenters. The zero-order valence-corrected chi connectivity index (χ0v) is 11.0. The van der Waals surface area contributed by atoms with E-state index in [2.05, 4.69) is 4.98 Å². The van der Waals surface area contributed by atoms with Crippen molar-refractivity contribution in [2.75, 3.05) is 0 Å². The summed E-state index contributed by atoms with van der Waals surface area (Å²) < 4.78 is 0. The number of thiazole rings is 1. The molecule has 19 heavy (non-hydrogen) atoms. The number of carbonyl (C=O) groups is 1. The normalized spacial score (nSPS) is 18.1. The molecule has 2 aromatic rings. The Kier molecular flexibility index (Phi) is 3.08. The van der Waals surface area contributed by atoms with E-state index in [9.17, 15) is 15.0 Å². The molecule has 0 bridgehead atoms. The minimum absolute atomic E-state index is 0.266. The van der Waals surface area contributed by atoms with Gasteiger partial charge >= 0.3 is 5.97 Å². The molecule has 0 amide bonds. The largest absolute Gasteiger partial charge is 0.478 e. The fourth-order valence-corrected chi connectivity index (χ4v) is 3.37. The number of rotatable bonds is 2. The first kappa shape index (κ1) is 12.3. The summed E-state index contributed by atoms with van der Waals surface area (Å²) in [5.41, 5.74) is 2.73. The van der Waals surface area contributed by atoms with Crippen molar-refractivity contribution in [3.8, 4) is 10.6 Å². The van der Waals surface area contributed by atoms with Gasteiger partial charge in [0.25, 0.3) is 0 Å². The Balaban J connectivity index is 2.28. The summed E-state index contributed by atoms with van der Waals surface area (Å²) in [6.45, 7) is 0. The van der Waals surface area contributed by atoms with Crippen molar-refractivity contribution >= 4 is 17.3 Å². The van der Waals surface area contributed by atoms with Gasteiger partial charge in [0.15, 0.2) is 0 Å². The van der Waals surface area contributed by atoms with Crippen LogP contribution in [0.25, 0.3) is 10.6 Å². The summed E-state index contributed by atoms with van der Waals surface area (Å²) in [5.74, 6) is -0.951. The van der Waals surface area contributed by atoms with E-state index in [0.29, 0.717) is 10.6 Å². The summed E-state index contributed by atoms with van der Waals surface area (Å²) in [5, 5.41) is 21.9. The number of nitrogens with zero attached hydrogens (tertiary/aromatic N) is 1. The first-order valence-corrected chi connectivity index (χ1v) is 7.03. The van der Waals surface area contributed by atoms with Crippen molar-refractivity contribution in [1.29, 1.82) is 0 Å². The maximum Gasteiger partial charge on any atom is 0.336 e. The average Bonchev–Trinajstić information content (AvgIpc) is 2.91. The number of aliphatic hydroxyl groups excluding tert-OH is 1. The Morgan fingerprint density at radius 3 is 2.95 bits per heavy atom. The number of hydrogen-bond acceptors (Lipinski definition) is 4. The third-order valence-electron chi connectivity index (χ3n) is 3.49. The highest BCUT2D eigenvalue weighted by Gasteiger charge is 2.26. The molecule has 0 saturated carbocycles. The number of aliphatic hydroxyl groups is 1. The molecule has 0 saturated heterocycles. The molecule has 0 aliphatic heterocycles. The monoisotopic (exact) mass is 275 g/mol. The lowest BCUT2D eigenvalue weighted by atomic mass is 9.84. The first-order valence-electron chi connectivity index (χ1n) is 6.15. The highest BCUT2D eigenvalue weighted by atomic mass is 32.1. The minimum atomic E-state index is -0.951. The van der Waals surface area contributed by atoms with Gasteiger partial charge in [0.05, 0.1) is 11.7 Å². The van der Waals surface area contributed by atoms with Crippen LogP contribution in [0.1, 0.15) is 40.4 Å². The van der Waals surface area contributed by atoms with Gasteiger partial charge in [-0.05, 0) is 36.5 Å². The standard InChI is InChI=1S/C14H13NO3S/c16-11-3-1-2-9-8(11)4-5-10(14(17)18)12(9)13-15-6-7-19-13/h4-7,11,16H,1-3H2,(H,17,18). The fraction of sp³-hybridized carbons (Fsp3) is 0.286. The van der Waals surface area contributed by atoms with E-state index >= 15 is 0 Å². The van der Waals surface area contributed by atoms with Crippen LogP contribution < -0.4 is 0 Å². The highest BCUT2D eigenvalue weighted by Crippen LogP contribution is 2.39. The van der Waals surface area contributed by atoms with Gasteiger partial charge in [-0.15, -0.1) is 11.3 Å². The Morgan fingerprint density at radius 2 is 2.26 bits per heavy atom. The molecule has 1 aliphatic carbocycles. The number of aromatic nitrogens is 1. The number of benzene rings is 1. The molecule has 1 aromatic heterocycles. The fourth-order valence-electron chi connectivity index (χ4n) is 2.64. The Morgan fingerprint density at radius 1 is 1.42 bits per heavy atom. The molecule has 2 N–H and O–H groups in total. The molecule has 1 unspecified atom stereocenters. The molecule has 1 heterocycles. The van der Waals surface area contributed by atoms with Crippen molar-refractivity contribution in [3.63, 3.8) is 0 Å². The molecular formula is C14H13NO3S. The smallest absolute Gasteiger partial charge is 0.336 e. The van der Waals surface area contributed by atoms with Crippen LogP contribution in [0.3, 0.4) is 0 Å². The summed E-state index contributed by atoms with van der Waals surface area (Å²) in [6, 6.07) is 3.31. The maximum atomic E-state index is 11.4. The van der Waals surface area contributed by atoms with Crippen LogP contribution in [0.15, 0.2) is 23.7 Å². The van der Waals surface area contributed by atoms with Gasteiger partial charge in [-0.3, -0.25) is 0 Å². The number of aromatic carboxylic acids is 1. The lowest BCUT2D eigenvalue weighted by Gasteiger charge is -2.24. The summed E-state index contributed by atoms with van der Waals surface area (Å²) >= 11 is 1.43. The topological polar surface area (TPSA) is 70.4 Å². The molecule has 0 radical (unpaired) electrons. The zero-order chi connectivity index (χ0) is 13.4. The average molecular weight is 275 g/mol. The van der Waals surface area contributed by atoms with E-state index in [1.165, 1.54) is 11.3 Å². The lowest BCUT2D eigenvalue weighted by molar-refractivity contribution is 0.0697. The van der Waals surface area contributed by atoms with E-state index in [0.717, 1.165) is 30.4 Å². The van der Waals surface area contributed by atoms with Crippen LogP contribution in [-0.4, -0.2) is 21.2 Å². The number of carboxylic acid groups (broad SMARTS) is 1. The van der Waals surface area contributed by atoms with Crippen LogP contribution in [0.5, 0.6) is 0 Å². The molecule has 1 aromatic carbocycles. The summed E-state index contributed by atoms with van der Waals surface area (Å²) in [6.07, 6.45) is 3.57. The Hall–Kier alpha value is -1.72. The molecule has 3 rings (SSSR count). The molecule has 5 heteroatoms. The summed E-state index contributed by atoms with van der Waals surface area (Å²) in [7, 11) is 0. The van der Waals surface area contributed by atoms with Gasteiger partial charge in [0.2, 0.25) is 0 Å². The molecular weight excluding hydrogens is 262 g/mol. The third kappa shape index (κ3) is 2.05. The number of hydrogen-bond donors (Lipinski definition) is 2. The van der Waals surface area contributed by atoms with Crippen LogP contribution in [0.2, 0.25) is 0 Å². The van der Waals surface area contributed by atoms with Crippen LogP contribution >= 0.6 is 11.3 Å². The molecule has 4 nitrogen and oxygen atoms in total. The molecule has 98 valence electrons. The van der Waals surface area contributed by atoms with E-state index in [4.69, 9.17) is 0 Å². The van der Waals surface area contributed by atoms with Crippen LogP contribution in [0.4, 0.5) is 0 Å². The second kappa shape index (κ2) is 4.75. The number of fused-ring (bicyclic) bond motifs is 1. The predicted molar refractivity (Wildman–Crippen MR) is 72.4 cm³/mol. The quantitative estimate of drug-likeness (QED) is 0.884. The van der Waals surface area contributed by atoms with Gasteiger partial charge in [-0.1, -0.05) is 6.07 Å². The van der Waals surface area contributed by atoms with Crippen molar-refractivity contribution in [2.24, 2.45) is 0 Å². The van der Waals surface area contributed by atoms with Crippen molar-refractivity contribution < 1.29 is 15.0 Å². The molecule has 1 aliphatic rings. The van der Waals surface area contributed by atoms with Crippen molar-refractivity contribution in [2.45, 2.75) is 25.4 Å². The van der Waals surface area contributed by atoms with E-state index in [1.807, 2.05) is 5.38 Å². The van der Waals surface area contributed by atoms with Crippen molar-refractivity contribution in [1.82, 2.24) is 4.98 Å². The van der Waals surface area contributed by atoms with E-state index in [-0.39, 0.29) is 5.56 Å².